The lowest BCUT2D eigenvalue weighted by molar-refractivity contribution is -0.134. The molecule has 2 rings (SSSR count). The second-order valence-corrected chi connectivity index (χ2v) is 6.02. The molecule has 0 bridgehead atoms. The van der Waals surface area contributed by atoms with E-state index in [-0.39, 0.29) is 11.9 Å². The van der Waals surface area contributed by atoms with Gasteiger partial charge in [-0.1, -0.05) is 34.1 Å². The van der Waals surface area contributed by atoms with E-state index >= 15 is 0 Å². The fourth-order valence-electron chi connectivity index (χ4n) is 2.49. The number of piperazine rings is 1. The number of hydrogen-bond acceptors (Lipinski definition) is 2. The van der Waals surface area contributed by atoms with E-state index in [1.54, 1.807) is 0 Å². The van der Waals surface area contributed by atoms with E-state index in [1.165, 1.54) is 5.56 Å². The summed E-state index contributed by atoms with van der Waals surface area (Å²) < 4.78 is 1.09. The molecule has 2 atom stereocenters. The number of carbonyl (C=O) groups excluding carboxylic acids is 1. The molecule has 2 unspecified atom stereocenters. The molecule has 104 valence electrons. The van der Waals surface area contributed by atoms with Gasteiger partial charge in [-0.05, 0) is 31.9 Å². The molecule has 1 fully saturated rings. The van der Waals surface area contributed by atoms with Gasteiger partial charge in [0.25, 0.3) is 0 Å². The monoisotopic (exact) mass is 324 g/mol. The minimum absolute atomic E-state index is 0.261. The average molecular weight is 325 g/mol. The topological polar surface area (TPSA) is 32.3 Å². The summed E-state index contributed by atoms with van der Waals surface area (Å²) in [4.78, 5) is 14.3. The predicted octanol–water partition coefficient (Wildman–Crippen LogP) is 2.59. The fraction of sp³-hybridized carbons (Fsp3) is 0.533. The molecule has 1 aliphatic heterocycles. The molecule has 1 aromatic carbocycles. The maximum Gasteiger partial charge on any atom is 0.223 e. The van der Waals surface area contributed by atoms with E-state index in [0.717, 1.165) is 24.0 Å². The number of benzene rings is 1. The Balaban J connectivity index is 1.92. The van der Waals surface area contributed by atoms with E-state index < -0.39 is 0 Å². The lowest BCUT2D eigenvalue weighted by atomic mass is 10.0. The minimum atomic E-state index is 0.261. The standard InChI is InChI=1S/C15H21BrN2O/c1-11-12(2)18(10-9-17-11)15(19)8-7-13-5-3-4-6-14(13)16/h3-6,11-12,17H,7-10H2,1-2H3. The number of nitrogens with one attached hydrogen (secondary N) is 1. The first-order chi connectivity index (χ1) is 9.09. The summed E-state index contributed by atoms with van der Waals surface area (Å²) >= 11 is 3.53. The molecule has 0 radical (unpaired) electrons. The highest BCUT2D eigenvalue weighted by Crippen LogP contribution is 2.18. The Hall–Kier alpha value is -0.870. The zero-order valence-electron chi connectivity index (χ0n) is 11.5. The second-order valence-electron chi connectivity index (χ2n) is 5.16. The summed E-state index contributed by atoms with van der Waals surface area (Å²) in [5.41, 5.74) is 1.20. The number of halogens is 1. The van der Waals surface area contributed by atoms with E-state index in [0.29, 0.717) is 12.5 Å². The van der Waals surface area contributed by atoms with Crippen molar-refractivity contribution in [2.24, 2.45) is 0 Å². The Morgan fingerprint density at radius 3 is 2.89 bits per heavy atom. The molecule has 1 N–H and O–H groups in total. The van der Waals surface area contributed by atoms with E-state index in [1.807, 2.05) is 23.1 Å². The van der Waals surface area contributed by atoms with Gasteiger partial charge in [0.15, 0.2) is 0 Å². The van der Waals surface area contributed by atoms with Crippen LogP contribution in [0.1, 0.15) is 25.8 Å². The van der Waals surface area contributed by atoms with Crippen molar-refractivity contribution in [1.82, 2.24) is 10.2 Å². The van der Waals surface area contributed by atoms with Crippen molar-refractivity contribution in [2.45, 2.75) is 38.8 Å². The molecular weight excluding hydrogens is 304 g/mol. The maximum absolute atomic E-state index is 12.3. The van der Waals surface area contributed by atoms with Crippen molar-refractivity contribution in [3.05, 3.63) is 34.3 Å². The Morgan fingerprint density at radius 2 is 2.16 bits per heavy atom. The highest BCUT2D eigenvalue weighted by Gasteiger charge is 2.27. The zero-order chi connectivity index (χ0) is 13.8. The van der Waals surface area contributed by atoms with E-state index in [9.17, 15) is 4.79 Å². The number of amides is 1. The first-order valence-corrected chi connectivity index (χ1v) is 7.65. The molecule has 0 spiro atoms. The second kappa shape index (κ2) is 6.53. The smallest absolute Gasteiger partial charge is 0.223 e. The summed E-state index contributed by atoms with van der Waals surface area (Å²) in [6.07, 6.45) is 1.38. The third kappa shape index (κ3) is 3.57. The van der Waals surface area contributed by atoms with Crippen molar-refractivity contribution in [1.29, 1.82) is 0 Å². The number of nitrogens with zero attached hydrogens (tertiary/aromatic N) is 1. The van der Waals surface area contributed by atoms with Gasteiger partial charge < -0.3 is 10.2 Å². The molecule has 1 saturated heterocycles. The zero-order valence-corrected chi connectivity index (χ0v) is 13.1. The highest BCUT2D eigenvalue weighted by molar-refractivity contribution is 9.10. The molecule has 3 nitrogen and oxygen atoms in total. The van der Waals surface area contributed by atoms with Crippen molar-refractivity contribution in [3.63, 3.8) is 0 Å². The first-order valence-electron chi connectivity index (χ1n) is 6.86. The molecule has 1 amide bonds. The van der Waals surface area contributed by atoms with Crippen LogP contribution in [0.2, 0.25) is 0 Å². The van der Waals surface area contributed by atoms with Crippen LogP contribution in [0, 0.1) is 0 Å². The molecule has 0 saturated carbocycles. The Bertz CT molecular complexity index is 450. The van der Waals surface area contributed by atoms with Crippen LogP contribution in [-0.4, -0.2) is 36.0 Å². The Kier molecular flexibility index (Phi) is 4.99. The number of carbonyl (C=O) groups is 1. The lowest BCUT2D eigenvalue weighted by Crippen LogP contribution is -2.57. The third-order valence-corrected chi connectivity index (χ3v) is 4.69. The quantitative estimate of drug-likeness (QED) is 0.926. The van der Waals surface area contributed by atoms with Crippen molar-refractivity contribution in [3.8, 4) is 0 Å². The predicted molar refractivity (Wildman–Crippen MR) is 81.1 cm³/mol. The first kappa shape index (κ1) is 14.5. The molecule has 1 heterocycles. The third-order valence-electron chi connectivity index (χ3n) is 3.92. The molecular formula is C15H21BrN2O. The molecule has 0 aromatic heterocycles. The average Bonchev–Trinajstić information content (AvgIpc) is 2.40. The van der Waals surface area contributed by atoms with E-state index in [2.05, 4.69) is 41.2 Å². The van der Waals surface area contributed by atoms with Crippen LogP contribution in [0.5, 0.6) is 0 Å². The molecule has 0 aliphatic carbocycles. The van der Waals surface area contributed by atoms with Crippen LogP contribution >= 0.6 is 15.9 Å². The van der Waals surface area contributed by atoms with E-state index in [4.69, 9.17) is 0 Å². The molecule has 1 aromatic rings. The summed E-state index contributed by atoms with van der Waals surface area (Å²) in [5.74, 6) is 0.261. The van der Waals surface area contributed by atoms with Crippen LogP contribution in [0.15, 0.2) is 28.7 Å². The van der Waals surface area contributed by atoms with Gasteiger partial charge in [-0.2, -0.15) is 0 Å². The van der Waals surface area contributed by atoms with Crippen molar-refractivity contribution < 1.29 is 4.79 Å². The van der Waals surface area contributed by atoms with Crippen molar-refractivity contribution in [2.75, 3.05) is 13.1 Å². The van der Waals surface area contributed by atoms with Crippen LogP contribution in [-0.2, 0) is 11.2 Å². The van der Waals surface area contributed by atoms with Crippen LogP contribution < -0.4 is 5.32 Å². The van der Waals surface area contributed by atoms with Gasteiger partial charge in [0.2, 0.25) is 5.91 Å². The normalized spacial score (nSPS) is 23.4. The molecule has 4 heteroatoms. The number of rotatable bonds is 3. The maximum atomic E-state index is 12.3. The van der Waals surface area contributed by atoms with Crippen LogP contribution in [0.4, 0.5) is 0 Å². The Labute approximate surface area is 123 Å². The van der Waals surface area contributed by atoms with Crippen LogP contribution in [0.25, 0.3) is 0 Å². The van der Waals surface area contributed by atoms with Gasteiger partial charge in [-0.3, -0.25) is 4.79 Å². The largest absolute Gasteiger partial charge is 0.337 e. The summed E-state index contributed by atoms with van der Waals surface area (Å²) in [5, 5.41) is 3.40. The summed E-state index contributed by atoms with van der Waals surface area (Å²) in [7, 11) is 0. The fourth-order valence-corrected chi connectivity index (χ4v) is 2.98. The van der Waals surface area contributed by atoms with Crippen LogP contribution in [0.3, 0.4) is 0 Å². The van der Waals surface area contributed by atoms with Crippen molar-refractivity contribution >= 4 is 21.8 Å². The summed E-state index contributed by atoms with van der Waals surface area (Å²) in [6.45, 7) is 5.97. The highest BCUT2D eigenvalue weighted by atomic mass is 79.9. The van der Waals surface area contributed by atoms with Gasteiger partial charge in [0.1, 0.15) is 0 Å². The van der Waals surface area contributed by atoms with Gasteiger partial charge in [0, 0.05) is 36.1 Å². The Morgan fingerprint density at radius 1 is 1.42 bits per heavy atom. The molecule has 1 aliphatic rings. The number of aryl methyl sites for hydroxylation is 1. The van der Waals surface area contributed by atoms with Gasteiger partial charge in [-0.25, -0.2) is 0 Å². The number of hydrogen-bond donors (Lipinski definition) is 1. The molecule has 19 heavy (non-hydrogen) atoms. The van der Waals surface area contributed by atoms with Gasteiger partial charge in [0.05, 0.1) is 0 Å². The lowest BCUT2D eigenvalue weighted by Gasteiger charge is -2.38. The van der Waals surface area contributed by atoms with Gasteiger partial charge in [-0.15, -0.1) is 0 Å². The SMILES string of the molecule is CC1NCCN(C(=O)CCc2ccccc2Br)C1C. The minimum Gasteiger partial charge on any atom is -0.337 e. The summed E-state index contributed by atoms with van der Waals surface area (Å²) in [6, 6.07) is 8.76. The van der Waals surface area contributed by atoms with Gasteiger partial charge >= 0.3 is 0 Å².